The third-order valence-electron chi connectivity index (χ3n) is 4.69. The predicted molar refractivity (Wildman–Crippen MR) is 107 cm³/mol. The second-order valence-corrected chi connectivity index (χ2v) is 9.07. The number of nitrogens with zero attached hydrogens (tertiary/aromatic N) is 1. The van der Waals surface area contributed by atoms with Gasteiger partial charge in [-0.05, 0) is 38.8 Å². The van der Waals surface area contributed by atoms with Crippen molar-refractivity contribution >= 4 is 21.8 Å². The lowest BCUT2D eigenvalue weighted by atomic mass is 9.97. The lowest BCUT2D eigenvalue weighted by Crippen LogP contribution is -2.45. The zero-order chi connectivity index (χ0) is 21.6. The lowest BCUT2D eigenvalue weighted by molar-refractivity contribution is -0.129. The van der Waals surface area contributed by atoms with Crippen molar-refractivity contribution in [3.05, 3.63) is 18.2 Å². The van der Waals surface area contributed by atoms with Crippen molar-refractivity contribution < 1.29 is 27.5 Å². The molecule has 0 aliphatic carbocycles. The van der Waals surface area contributed by atoms with E-state index in [0.717, 1.165) is 0 Å². The van der Waals surface area contributed by atoms with Crippen LogP contribution >= 0.6 is 0 Å². The lowest BCUT2D eigenvalue weighted by Gasteiger charge is -2.30. The first kappa shape index (κ1) is 23.0. The van der Waals surface area contributed by atoms with E-state index in [1.807, 2.05) is 13.8 Å². The average Bonchev–Trinajstić information content (AvgIpc) is 2.71. The van der Waals surface area contributed by atoms with E-state index in [9.17, 15) is 18.0 Å². The van der Waals surface area contributed by atoms with E-state index >= 15 is 0 Å². The van der Waals surface area contributed by atoms with Gasteiger partial charge in [-0.3, -0.25) is 9.59 Å². The van der Waals surface area contributed by atoms with Gasteiger partial charge in [0, 0.05) is 31.1 Å². The van der Waals surface area contributed by atoms with Gasteiger partial charge < -0.3 is 20.1 Å². The van der Waals surface area contributed by atoms with Crippen LogP contribution in [0.4, 0.5) is 0 Å². The van der Waals surface area contributed by atoms with Crippen LogP contribution in [0.25, 0.3) is 0 Å². The van der Waals surface area contributed by atoms with Gasteiger partial charge in [0.2, 0.25) is 21.8 Å². The third-order valence-corrected chi connectivity index (χ3v) is 6.58. The van der Waals surface area contributed by atoms with Crippen molar-refractivity contribution in [3.8, 4) is 11.5 Å². The molecule has 1 saturated heterocycles. The molecule has 2 N–H and O–H groups in total. The summed E-state index contributed by atoms with van der Waals surface area (Å²) in [5.41, 5.74) is 0. The van der Waals surface area contributed by atoms with Crippen molar-refractivity contribution in [2.45, 2.75) is 37.6 Å². The van der Waals surface area contributed by atoms with Gasteiger partial charge >= 0.3 is 0 Å². The van der Waals surface area contributed by atoms with E-state index < -0.39 is 10.0 Å². The first-order valence-electron chi connectivity index (χ1n) is 9.48. The molecule has 0 unspecified atom stereocenters. The fourth-order valence-electron chi connectivity index (χ4n) is 3.17. The van der Waals surface area contributed by atoms with E-state index in [-0.39, 0.29) is 48.3 Å². The number of carbonyl (C=O) groups excluding carboxylic acids is 2. The van der Waals surface area contributed by atoms with Crippen LogP contribution in [0.3, 0.4) is 0 Å². The van der Waals surface area contributed by atoms with Gasteiger partial charge in [0.25, 0.3) is 0 Å². The van der Waals surface area contributed by atoms with Crippen molar-refractivity contribution in [1.82, 2.24) is 14.9 Å². The number of rotatable bonds is 8. The summed E-state index contributed by atoms with van der Waals surface area (Å²) in [7, 11) is -0.781. The molecule has 10 heteroatoms. The van der Waals surface area contributed by atoms with Crippen molar-refractivity contribution in [3.63, 3.8) is 0 Å². The van der Waals surface area contributed by atoms with Gasteiger partial charge in [-0.1, -0.05) is 0 Å². The van der Waals surface area contributed by atoms with Crippen LogP contribution in [0, 0.1) is 5.92 Å². The molecular formula is C19H29N3O6S. The molecule has 1 aliphatic rings. The number of hydrogen-bond acceptors (Lipinski definition) is 6. The number of nitrogens with one attached hydrogen (secondary N) is 2. The van der Waals surface area contributed by atoms with Crippen LogP contribution in [0.15, 0.2) is 23.1 Å². The molecule has 29 heavy (non-hydrogen) atoms. The summed E-state index contributed by atoms with van der Waals surface area (Å²) in [6, 6.07) is 4.46. The van der Waals surface area contributed by atoms with Crippen LogP contribution in [-0.2, 0) is 19.6 Å². The quantitative estimate of drug-likeness (QED) is 0.633. The van der Waals surface area contributed by atoms with E-state index in [4.69, 9.17) is 9.47 Å². The Hall–Kier alpha value is -2.33. The standard InChI is InChI=1S/C19H29N3O6S/c1-13(2)21-18(23)12-20-19(24)14-7-9-22(10-8-14)29(25,26)15-5-6-16(27-3)17(11-15)28-4/h5-6,11,13-14H,7-10,12H2,1-4H3,(H,20,24)(H,21,23). The fourth-order valence-corrected chi connectivity index (χ4v) is 4.65. The first-order chi connectivity index (χ1) is 13.7. The van der Waals surface area contributed by atoms with Crippen molar-refractivity contribution in [2.75, 3.05) is 33.9 Å². The number of hydrogen-bond donors (Lipinski definition) is 2. The van der Waals surface area contributed by atoms with E-state index in [1.165, 1.54) is 30.7 Å². The van der Waals surface area contributed by atoms with Crippen LogP contribution in [0.2, 0.25) is 0 Å². The monoisotopic (exact) mass is 427 g/mol. The number of sulfonamides is 1. The molecule has 2 rings (SSSR count). The Kier molecular flexibility index (Phi) is 7.86. The Labute approximate surface area is 171 Å². The zero-order valence-electron chi connectivity index (χ0n) is 17.2. The molecule has 0 radical (unpaired) electrons. The molecule has 0 atom stereocenters. The third kappa shape index (κ3) is 5.83. The van der Waals surface area contributed by atoms with Crippen molar-refractivity contribution in [1.29, 1.82) is 0 Å². The highest BCUT2D eigenvalue weighted by molar-refractivity contribution is 7.89. The van der Waals surface area contributed by atoms with Gasteiger partial charge in [0.15, 0.2) is 11.5 Å². The normalized spacial score (nSPS) is 15.8. The van der Waals surface area contributed by atoms with Crippen LogP contribution in [0.1, 0.15) is 26.7 Å². The highest BCUT2D eigenvalue weighted by Crippen LogP contribution is 2.31. The van der Waals surface area contributed by atoms with Crippen LogP contribution < -0.4 is 20.1 Å². The molecule has 1 aliphatic heterocycles. The molecule has 9 nitrogen and oxygen atoms in total. The Morgan fingerprint density at radius 2 is 1.76 bits per heavy atom. The molecular weight excluding hydrogens is 398 g/mol. The molecule has 1 aromatic carbocycles. The maximum Gasteiger partial charge on any atom is 0.243 e. The summed E-state index contributed by atoms with van der Waals surface area (Å²) in [5, 5.41) is 5.32. The van der Waals surface area contributed by atoms with Gasteiger partial charge in [-0.15, -0.1) is 0 Å². The van der Waals surface area contributed by atoms with Crippen molar-refractivity contribution in [2.24, 2.45) is 5.92 Å². The summed E-state index contributed by atoms with van der Waals surface area (Å²) in [4.78, 5) is 24.0. The maximum absolute atomic E-state index is 12.9. The zero-order valence-corrected chi connectivity index (χ0v) is 18.0. The van der Waals surface area contributed by atoms with Gasteiger partial charge in [-0.2, -0.15) is 4.31 Å². The number of carbonyl (C=O) groups is 2. The Bertz CT molecular complexity index is 832. The molecule has 1 fully saturated rings. The number of ether oxygens (including phenoxy) is 2. The summed E-state index contributed by atoms with van der Waals surface area (Å²) in [5.74, 6) is -0.0153. The minimum atomic E-state index is -3.71. The average molecular weight is 428 g/mol. The smallest absolute Gasteiger partial charge is 0.243 e. The predicted octanol–water partition coefficient (Wildman–Crippen LogP) is 0.745. The SMILES string of the molecule is COc1ccc(S(=O)(=O)N2CCC(C(=O)NCC(=O)NC(C)C)CC2)cc1OC. The van der Waals surface area contributed by atoms with Gasteiger partial charge in [0.1, 0.15) is 0 Å². The molecule has 0 saturated carbocycles. The molecule has 0 bridgehead atoms. The number of methoxy groups -OCH3 is 2. The van der Waals surface area contributed by atoms with E-state index in [1.54, 1.807) is 6.07 Å². The second kappa shape index (κ2) is 9.93. The van der Waals surface area contributed by atoms with E-state index in [0.29, 0.717) is 24.3 Å². The summed E-state index contributed by atoms with van der Waals surface area (Å²) in [6.45, 7) is 4.06. The highest BCUT2D eigenvalue weighted by atomic mass is 32.2. The van der Waals surface area contributed by atoms with Gasteiger partial charge in [-0.25, -0.2) is 8.42 Å². The molecule has 162 valence electrons. The molecule has 2 amide bonds. The largest absolute Gasteiger partial charge is 0.493 e. The highest BCUT2D eigenvalue weighted by Gasteiger charge is 2.32. The molecule has 0 aromatic heterocycles. The topological polar surface area (TPSA) is 114 Å². The van der Waals surface area contributed by atoms with Crippen LogP contribution in [0.5, 0.6) is 11.5 Å². The van der Waals surface area contributed by atoms with Crippen LogP contribution in [-0.4, -0.2) is 64.4 Å². The Balaban J connectivity index is 1.96. The number of piperidine rings is 1. The minimum Gasteiger partial charge on any atom is -0.493 e. The summed E-state index contributed by atoms with van der Waals surface area (Å²) < 4.78 is 37.5. The molecule has 0 spiro atoms. The fraction of sp³-hybridized carbons (Fsp3) is 0.579. The molecule has 1 aromatic rings. The first-order valence-corrected chi connectivity index (χ1v) is 10.9. The number of benzene rings is 1. The Morgan fingerprint density at radius 1 is 1.14 bits per heavy atom. The Morgan fingerprint density at radius 3 is 2.31 bits per heavy atom. The summed E-state index contributed by atoms with van der Waals surface area (Å²) in [6.07, 6.45) is 0.786. The van der Waals surface area contributed by atoms with E-state index in [2.05, 4.69) is 10.6 Å². The summed E-state index contributed by atoms with van der Waals surface area (Å²) >= 11 is 0. The number of amides is 2. The minimum absolute atomic E-state index is 0.00410. The second-order valence-electron chi connectivity index (χ2n) is 7.14. The maximum atomic E-state index is 12.9. The van der Waals surface area contributed by atoms with Gasteiger partial charge in [0.05, 0.1) is 25.7 Å². The molecule has 1 heterocycles.